The van der Waals surface area contributed by atoms with Gasteiger partial charge in [0.1, 0.15) is 0 Å². The van der Waals surface area contributed by atoms with E-state index < -0.39 is 5.51 Å². The van der Waals surface area contributed by atoms with Gasteiger partial charge in [-0.05, 0) is 30.0 Å². The van der Waals surface area contributed by atoms with Crippen molar-refractivity contribution in [3.05, 3.63) is 23.8 Å². The molecular weight excluding hydrogens is 275 g/mol. The van der Waals surface area contributed by atoms with Crippen LogP contribution in [-0.4, -0.2) is 31.7 Å². The van der Waals surface area contributed by atoms with Crippen LogP contribution in [0.15, 0.2) is 23.1 Å². The summed E-state index contributed by atoms with van der Waals surface area (Å²) in [5.41, 5.74) is -3.56. The first-order valence-electron chi connectivity index (χ1n) is 5.75. The molecule has 0 aromatic heterocycles. The number of nitrogens with zero attached hydrogens (tertiary/aromatic N) is 2. The molecular formula is C12H12F3N3S. The maximum atomic E-state index is 12.6. The molecule has 2 rings (SSSR count). The van der Waals surface area contributed by atoms with Gasteiger partial charge < -0.3 is 10.2 Å². The van der Waals surface area contributed by atoms with Crippen LogP contribution >= 0.6 is 11.8 Å². The van der Waals surface area contributed by atoms with Gasteiger partial charge in [0, 0.05) is 31.1 Å². The highest BCUT2D eigenvalue weighted by atomic mass is 32.2. The minimum atomic E-state index is -4.35. The van der Waals surface area contributed by atoms with E-state index in [4.69, 9.17) is 5.26 Å². The first kappa shape index (κ1) is 14.0. The Morgan fingerprint density at radius 2 is 1.95 bits per heavy atom. The third-order valence-electron chi connectivity index (χ3n) is 2.77. The molecule has 1 aliphatic rings. The van der Waals surface area contributed by atoms with Crippen LogP contribution in [0, 0.1) is 11.3 Å². The first-order valence-corrected chi connectivity index (χ1v) is 6.57. The molecule has 1 N–H and O–H groups in total. The predicted molar refractivity (Wildman–Crippen MR) is 68.2 cm³/mol. The fourth-order valence-corrected chi connectivity index (χ4v) is 2.69. The third-order valence-corrected chi connectivity index (χ3v) is 3.55. The zero-order valence-corrected chi connectivity index (χ0v) is 10.8. The van der Waals surface area contributed by atoms with Crippen molar-refractivity contribution in [1.82, 2.24) is 5.32 Å². The average molecular weight is 287 g/mol. The Balaban J connectivity index is 2.33. The summed E-state index contributed by atoms with van der Waals surface area (Å²) < 4.78 is 37.7. The van der Waals surface area contributed by atoms with Gasteiger partial charge in [-0.15, -0.1) is 0 Å². The largest absolute Gasteiger partial charge is 0.446 e. The number of piperazine rings is 1. The smallest absolute Gasteiger partial charge is 0.368 e. The fraction of sp³-hybridized carbons (Fsp3) is 0.417. The zero-order valence-electron chi connectivity index (χ0n) is 10.00. The van der Waals surface area contributed by atoms with Gasteiger partial charge >= 0.3 is 5.51 Å². The summed E-state index contributed by atoms with van der Waals surface area (Å²) in [7, 11) is 0. The number of benzene rings is 1. The lowest BCUT2D eigenvalue weighted by Crippen LogP contribution is -2.43. The van der Waals surface area contributed by atoms with Crippen molar-refractivity contribution < 1.29 is 13.2 Å². The van der Waals surface area contributed by atoms with E-state index in [1.54, 1.807) is 12.1 Å². The van der Waals surface area contributed by atoms with Gasteiger partial charge in [0.15, 0.2) is 0 Å². The normalized spacial score (nSPS) is 16.2. The summed E-state index contributed by atoms with van der Waals surface area (Å²) in [6, 6.07) is 6.32. The molecule has 7 heteroatoms. The van der Waals surface area contributed by atoms with E-state index >= 15 is 0 Å². The molecule has 1 fully saturated rings. The minimum absolute atomic E-state index is 0.0912. The molecule has 1 aromatic carbocycles. The van der Waals surface area contributed by atoms with Crippen molar-refractivity contribution >= 4 is 17.4 Å². The summed E-state index contributed by atoms with van der Waals surface area (Å²) >= 11 is -0.163. The van der Waals surface area contributed by atoms with Crippen LogP contribution in [0.4, 0.5) is 18.9 Å². The maximum Gasteiger partial charge on any atom is 0.446 e. The van der Waals surface area contributed by atoms with E-state index in [-0.39, 0.29) is 22.2 Å². The number of hydrogen-bond donors (Lipinski definition) is 1. The Bertz CT molecular complexity index is 490. The van der Waals surface area contributed by atoms with Gasteiger partial charge in [-0.3, -0.25) is 0 Å². The SMILES string of the molecule is N#Cc1ccc(N2CCNCC2)c(SC(F)(F)F)c1. The standard InChI is InChI=1S/C12H12F3N3S/c13-12(14,15)19-11-7-9(8-16)1-2-10(11)18-5-3-17-4-6-18/h1-2,7,17H,3-6H2. The van der Waals surface area contributed by atoms with E-state index in [9.17, 15) is 13.2 Å². The minimum Gasteiger partial charge on any atom is -0.368 e. The molecule has 0 saturated carbocycles. The summed E-state index contributed by atoms with van der Waals surface area (Å²) in [5, 5.41) is 11.9. The predicted octanol–water partition coefficient (Wildman–Crippen LogP) is 2.58. The summed E-state index contributed by atoms with van der Waals surface area (Å²) in [6.07, 6.45) is 0. The van der Waals surface area contributed by atoms with Crippen LogP contribution in [0.3, 0.4) is 0 Å². The molecule has 102 valence electrons. The van der Waals surface area contributed by atoms with Gasteiger partial charge in [0.2, 0.25) is 0 Å². The van der Waals surface area contributed by atoms with Crippen molar-refractivity contribution in [1.29, 1.82) is 5.26 Å². The molecule has 1 aromatic rings. The molecule has 0 radical (unpaired) electrons. The van der Waals surface area contributed by atoms with Crippen LogP contribution in [0.25, 0.3) is 0 Å². The number of hydrogen-bond acceptors (Lipinski definition) is 4. The second kappa shape index (κ2) is 5.72. The van der Waals surface area contributed by atoms with Crippen molar-refractivity contribution in [2.45, 2.75) is 10.4 Å². The van der Waals surface area contributed by atoms with Gasteiger partial charge in [-0.2, -0.15) is 18.4 Å². The summed E-state index contributed by atoms with van der Waals surface area (Å²) in [6.45, 7) is 2.82. The van der Waals surface area contributed by atoms with Gasteiger partial charge in [-0.25, -0.2) is 0 Å². The Kier molecular flexibility index (Phi) is 4.22. The summed E-state index contributed by atoms with van der Waals surface area (Å²) in [4.78, 5) is 2.00. The van der Waals surface area contributed by atoms with Crippen molar-refractivity contribution in [2.24, 2.45) is 0 Å². The van der Waals surface area contributed by atoms with Crippen LogP contribution in [0.1, 0.15) is 5.56 Å². The zero-order chi connectivity index (χ0) is 13.9. The Morgan fingerprint density at radius 3 is 2.53 bits per heavy atom. The highest BCUT2D eigenvalue weighted by Gasteiger charge is 2.31. The van der Waals surface area contributed by atoms with E-state index in [0.717, 1.165) is 13.1 Å². The molecule has 0 aliphatic carbocycles. The van der Waals surface area contributed by atoms with Gasteiger partial charge in [0.05, 0.1) is 17.3 Å². The number of rotatable bonds is 2. The highest BCUT2D eigenvalue weighted by Crippen LogP contribution is 2.42. The lowest BCUT2D eigenvalue weighted by atomic mass is 10.2. The third kappa shape index (κ3) is 3.78. The quantitative estimate of drug-likeness (QED) is 0.849. The fourth-order valence-electron chi connectivity index (χ4n) is 1.96. The molecule has 1 aliphatic heterocycles. The number of nitrogens with one attached hydrogen (secondary N) is 1. The molecule has 0 unspecified atom stereocenters. The summed E-state index contributed by atoms with van der Waals surface area (Å²) in [5.74, 6) is 0. The lowest BCUT2D eigenvalue weighted by molar-refractivity contribution is -0.0328. The van der Waals surface area contributed by atoms with Crippen molar-refractivity contribution in [3.8, 4) is 6.07 Å². The number of nitriles is 1. The number of thioether (sulfide) groups is 1. The number of alkyl halides is 3. The lowest BCUT2D eigenvalue weighted by Gasteiger charge is -2.31. The Hall–Kier alpha value is -1.39. The van der Waals surface area contributed by atoms with Crippen molar-refractivity contribution in [2.75, 3.05) is 31.1 Å². The molecule has 0 bridgehead atoms. The van der Waals surface area contributed by atoms with E-state index in [1.165, 1.54) is 6.07 Å². The van der Waals surface area contributed by atoms with Crippen LogP contribution in [0.2, 0.25) is 0 Å². The molecule has 0 spiro atoms. The van der Waals surface area contributed by atoms with Crippen LogP contribution in [0.5, 0.6) is 0 Å². The van der Waals surface area contributed by atoms with Crippen LogP contribution in [-0.2, 0) is 0 Å². The van der Waals surface area contributed by atoms with E-state index in [1.807, 2.05) is 11.0 Å². The first-order chi connectivity index (χ1) is 8.99. The topological polar surface area (TPSA) is 39.1 Å². The highest BCUT2D eigenvalue weighted by molar-refractivity contribution is 8.00. The second-order valence-corrected chi connectivity index (χ2v) is 5.19. The van der Waals surface area contributed by atoms with Crippen LogP contribution < -0.4 is 10.2 Å². The molecule has 0 amide bonds. The number of anilines is 1. The second-order valence-electron chi connectivity index (χ2n) is 4.08. The van der Waals surface area contributed by atoms with Crippen molar-refractivity contribution in [3.63, 3.8) is 0 Å². The molecule has 3 nitrogen and oxygen atoms in total. The maximum absolute atomic E-state index is 12.6. The van der Waals surface area contributed by atoms with E-state index in [2.05, 4.69) is 5.32 Å². The monoisotopic (exact) mass is 287 g/mol. The molecule has 1 heterocycles. The number of halogens is 3. The molecule has 0 atom stereocenters. The molecule has 1 saturated heterocycles. The average Bonchev–Trinajstić information content (AvgIpc) is 2.38. The van der Waals surface area contributed by atoms with Gasteiger partial charge in [0.25, 0.3) is 0 Å². The Morgan fingerprint density at radius 1 is 1.26 bits per heavy atom. The Labute approximate surface area is 113 Å². The van der Waals surface area contributed by atoms with Gasteiger partial charge in [-0.1, -0.05) is 0 Å². The van der Waals surface area contributed by atoms with E-state index in [0.29, 0.717) is 18.8 Å². The molecule has 19 heavy (non-hydrogen) atoms.